The van der Waals surface area contributed by atoms with E-state index >= 15 is 0 Å². The van der Waals surface area contributed by atoms with Gasteiger partial charge >= 0.3 is 5.97 Å². The lowest BCUT2D eigenvalue weighted by molar-refractivity contribution is -0.127. The van der Waals surface area contributed by atoms with Crippen molar-refractivity contribution in [2.45, 2.75) is 13.3 Å². The summed E-state index contributed by atoms with van der Waals surface area (Å²) < 4.78 is 19.2. The molecule has 1 heterocycles. The van der Waals surface area contributed by atoms with E-state index in [1.54, 1.807) is 11.0 Å². The first-order valence-corrected chi connectivity index (χ1v) is 7.20. The topological polar surface area (TPSA) is 46.6 Å². The smallest absolute Gasteiger partial charge is 0.341 e. The molecule has 1 saturated heterocycles. The zero-order chi connectivity index (χ0) is 14.7. The molecule has 0 saturated carbocycles. The lowest BCUT2D eigenvalue weighted by atomic mass is 10.1. The number of likely N-dealkylation sites (tertiary alicyclic amines) is 1. The monoisotopic (exact) mass is 343 g/mol. The lowest BCUT2D eigenvalue weighted by Crippen LogP contribution is -2.25. The fraction of sp³-hybridized carbons (Fsp3) is 0.429. The van der Waals surface area contributed by atoms with Crippen molar-refractivity contribution in [1.82, 2.24) is 4.90 Å². The van der Waals surface area contributed by atoms with Crippen LogP contribution < -0.4 is 0 Å². The number of nitrogens with zero attached hydrogens (tertiary/aromatic N) is 1. The Bertz CT molecular complexity index is 535. The first kappa shape index (κ1) is 15.0. The quantitative estimate of drug-likeness (QED) is 0.789. The first-order valence-electron chi connectivity index (χ1n) is 6.41. The number of rotatable bonds is 4. The third kappa shape index (κ3) is 3.36. The van der Waals surface area contributed by atoms with E-state index < -0.39 is 11.8 Å². The van der Waals surface area contributed by atoms with Crippen LogP contribution in [0, 0.1) is 11.7 Å². The van der Waals surface area contributed by atoms with E-state index in [4.69, 9.17) is 4.74 Å². The van der Waals surface area contributed by atoms with Crippen LogP contribution >= 0.6 is 15.9 Å². The maximum atomic E-state index is 13.6. The van der Waals surface area contributed by atoms with Crippen LogP contribution in [0.3, 0.4) is 0 Å². The van der Waals surface area contributed by atoms with Gasteiger partial charge in [0.05, 0.1) is 12.2 Å². The summed E-state index contributed by atoms with van der Waals surface area (Å²) in [7, 11) is 0. The van der Waals surface area contributed by atoms with Gasteiger partial charge in [-0.15, -0.1) is 0 Å². The fourth-order valence-electron chi connectivity index (χ4n) is 2.20. The Labute approximate surface area is 125 Å². The van der Waals surface area contributed by atoms with Crippen LogP contribution in [0.2, 0.25) is 0 Å². The van der Waals surface area contributed by atoms with Crippen LogP contribution in [0.5, 0.6) is 0 Å². The normalized spacial score (nSPS) is 18.4. The first-order chi connectivity index (χ1) is 9.51. The minimum Gasteiger partial charge on any atom is -0.462 e. The van der Waals surface area contributed by atoms with Gasteiger partial charge in [-0.05, 0) is 25.1 Å². The van der Waals surface area contributed by atoms with Crippen molar-refractivity contribution >= 4 is 27.8 Å². The van der Waals surface area contributed by atoms with E-state index in [1.165, 1.54) is 12.1 Å². The molecule has 1 aromatic rings. The molecule has 0 bridgehead atoms. The fourth-order valence-corrected chi connectivity index (χ4v) is 2.53. The molecule has 4 nitrogen and oxygen atoms in total. The van der Waals surface area contributed by atoms with Gasteiger partial charge in [0.15, 0.2) is 0 Å². The molecule has 1 amide bonds. The highest BCUT2D eigenvalue weighted by molar-refractivity contribution is 9.10. The van der Waals surface area contributed by atoms with Gasteiger partial charge in [-0.2, -0.15) is 0 Å². The highest BCUT2D eigenvalue weighted by Crippen LogP contribution is 2.19. The number of carbonyl (C=O) groups excluding carboxylic acids is 2. The molecule has 1 aromatic carbocycles. The van der Waals surface area contributed by atoms with Crippen LogP contribution in [0.1, 0.15) is 23.7 Å². The minimum absolute atomic E-state index is 0.00934. The Hall–Kier alpha value is -1.43. The average Bonchev–Trinajstić information content (AvgIpc) is 2.76. The molecule has 108 valence electrons. The Morgan fingerprint density at radius 2 is 2.30 bits per heavy atom. The summed E-state index contributed by atoms with van der Waals surface area (Å²) in [6.07, 6.45) is 0.379. The molecule has 1 aliphatic heterocycles. The van der Waals surface area contributed by atoms with Gasteiger partial charge in [-0.1, -0.05) is 15.9 Å². The summed E-state index contributed by atoms with van der Waals surface area (Å²) in [4.78, 5) is 25.1. The van der Waals surface area contributed by atoms with E-state index in [-0.39, 0.29) is 24.0 Å². The Morgan fingerprint density at radius 1 is 1.55 bits per heavy atom. The molecular weight excluding hydrogens is 329 g/mol. The van der Waals surface area contributed by atoms with Crippen LogP contribution in [0.25, 0.3) is 0 Å². The maximum Gasteiger partial charge on any atom is 0.341 e. The molecule has 0 N–H and O–H groups in total. The summed E-state index contributed by atoms with van der Waals surface area (Å²) >= 11 is 3.12. The average molecular weight is 344 g/mol. The number of benzene rings is 1. The molecule has 2 rings (SSSR count). The minimum atomic E-state index is -0.697. The molecule has 6 heteroatoms. The second kappa shape index (κ2) is 6.35. The molecule has 1 atom stereocenters. The second-order valence-corrected chi connectivity index (χ2v) is 5.64. The zero-order valence-corrected chi connectivity index (χ0v) is 12.7. The molecule has 1 aliphatic rings. The summed E-state index contributed by atoms with van der Waals surface area (Å²) in [6.45, 7) is 3.29. The van der Waals surface area contributed by atoms with Gasteiger partial charge in [0.2, 0.25) is 5.91 Å². The molecule has 0 aromatic heterocycles. The third-order valence-corrected chi connectivity index (χ3v) is 3.77. The number of halogens is 2. The van der Waals surface area contributed by atoms with Crippen LogP contribution in [0.4, 0.5) is 4.39 Å². The molecular formula is C14H15BrFNO3. The number of amides is 1. The number of hydrogen-bond acceptors (Lipinski definition) is 3. The Morgan fingerprint density at radius 3 is 2.90 bits per heavy atom. The summed E-state index contributed by atoms with van der Waals surface area (Å²) in [5.41, 5.74) is -0.0927. The molecule has 0 aliphatic carbocycles. The second-order valence-electron chi connectivity index (χ2n) is 4.73. The van der Waals surface area contributed by atoms with Crippen molar-refractivity contribution in [1.29, 1.82) is 0 Å². The van der Waals surface area contributed by atoms with Crippen LogP contribution in [-0.4, -0.2) is 36.5 Å². The third-order valence-electron chi connectivity index (χ3n) is 3.28. The summed E-state index contributed by atoms with van der Waals surface area (Å²) in [5.74, 6) is -1.26. The van der Waals surface area contributed by atoms with Crippen molar-refractivity contribution in [3.8, 4) is 0 Å². The molecule has 20 heavy (non-hydrogen) atoms. The van der Waals surface area contributed by atoms with Gasteiger partial charge < -0.3 is 9.64 Å². The Balaban J connectivity index is 1.91. The number of carbonyl (C=O) groups is 2. The van der Waals surface area contributed by atoms with E-state index in [9.17, 15) is 14.0 Å². The maximum absolute atomic E-state index is 13.6. The molecule has 0 spiro atoms. The van der Waals surface area contributed by atoms with E-state index in [0.29, 0.717) is 24.0 Å². The standard InChI is InChI=1S/C14H15BrFNO3/c1-2-17-7-9(5-13(17)18)8-20-14(19)11-4-3-10(15)6-12(11)16/h3-4,6,9H,2,5,7-8H2,1H3/t9-/m1/s1. The molecule has 1 fully saturated rings. The highest BCUT2D eigenvalue weighted by Gasteiger charge is 2.29. The van der Waals surface area contributed by atoms with E-state index in [2.05, 4.69) is 15.9 Å². The number of esters is 1. The SMILES string of the molecule is CCN1C[C@H](COC(=O)c2ccc(Br)cc2F)CC1=O. The van der Waals surface area contributed by atoms with Crippen LogP contribution in [-0.2, 0) is 9.53 Å². The highest BCUT2D eigenvalue weighted by atomic mass is 79.9. The van der Waals surface area contributed by atoms with Crippen molar-refractivity contribution in [2.24, 2.45) is 5.92 Å². The van der Waals surface area contributed by atoms with Crippen molar-refractivity contribution < 1.29 is 18.7 Å². The predicted octanol–water partition coefficient (Wildman–Crippen LogP) is 2.61. The number of hydrogen-bond donors (Lipinski definition) is 0. The van der Waals surface area contributed by atoms with Gasteiger partial charge in [-0.25, -0.2) is 9.18 Å². The number of ether oxygens (including phenoxy) is 1. The van der Waals surface area contributed by atoms with E-state index in [1.807, 2.05) is 6.92 Å². The van der Waals surface area contributed by atoms with Crippen LogP contribution in [0.15, 0.2) is 22.7 Å². The lowest BCUT2D eigenvalue weighted by Gasteiger charge is -2.13. The van der Waals surface area contributed by atoms with Gasteiger partial charge in [-0.3, -0.25) is 4.79 Å². The predicted molar refractivity (Wildman–Crippen MR) is 74.7 cm³/mol. The zero-order valence-electron chi connectivity index (χ0n) is 11.1. The van der Waals surface area contributed by atoms with Crippen molar-refractivity contribution in [3.63, 3.8) is 0 Å². The van der Waals surface area contributed by atoms with Crippen molar-refractivity contribution in [2.75, 3.05) is 19.7 Å². The van der Waals surface area contributed by atoms with E-state index in [0.717, 1.165) is 0 Å². The van der Waals surface area contributed by atoms with Gasteiger partial charge in [0.25, 0.3) is 0 Å². The van der Waals surface area contributed by atoms with Crippen molar-refractivity contribution in [3.05, 3.63) is 34.1 Å². The molecule has 0 unspecified atom stereocenters. The van der Waals surface area contributed by atoms with Gasteiger partial charge in [0, 0.05) is 29.9 Å². The molecule has 0 radical (unpaired) electrons. The summed E-state index contributed by atoms with van der Waals surface area (Å²) in [6, 6.07) is 4.17. The Kier molecular flexibility index (Phi) is 4.75. The summed E-state index contributed by atoms with van der Waals surface area (Å²) in [5, 5.41) is 0. The largest absolute Gasteiger partial charge is 0.462 e. The van der Waals surface area contributed by atoms with Gasteiger partial charge in [0.1, 0.15) is 5.82 Å².